The van der Waals surface area contributed by atoms with Crippen LogP contribution >= 0.6 is 0 Å². The Kier molecular flexibility index (Phi) is 4.95. The molecule has 7 heteroatoms. The third kappa shape index (κ3) is 4.29. The Bertz CT molecular complexity index is 513. The van der Waals surface area contributed by atoms with Crippen LogP contribution in [0.15, 0.2) is 15.6 Å². The molecule has 0 aromatic carbocycles. The summed E-state index contributed by atoms with van der Waals surface area (Å²) in [5.74, 6) is 1.59. The summed E-state index contributed by atoms with van der Waals surface area (Å²) in [4.78, 5) is 8.50. The topological polar surface area (TPSA) is 94.7 Å². The van der Waals surface area contributed by atoms with Gasteiger partial charge in [-0.1, -0.05) is 19.0 Å². The molecule has 0 atom stereocenters. The van der Waals surface area contributed by atoms with E-state index in [1.54, 1.807) is 6.07 Å². The molecule has 0 unspecified atom stereocenters. The van der Waals surface area contributed by atoms with Crippen molar-refractivity contribution < 1.29 is 4.52 Å². The molecule has 7 nitrogen and oxygen atoms in total. The van der Waals surface area contributed by atoms with Gasteiger partial charge in [-0.2, -0.15) is 4.99 Å². The molecule has 0 amide bonds. The molecule has 0 aliphatic carbocycles. The molecule has 0 spiro atoms. The summed E-state index contributed by atoms with van der Waals surface area (Å²) in [6.07, 6.45) is 0.335. The van der Waals surface area contributed by atoms with E-state index in [-0.39, 0.29) is 0 Å². The second-order valence-electron chi connectivity index (χ2n) is 5.76. The third-order valence-electron chi connectivity index (χ3n) is 3.59. The highest BCUT2D eigenvalue weighted by atomic mass is 16.5. The second kappa shape index (κ2) is 6.71. The van der Waals surface area contributed by atoms with Crippen LogP contribution < -0.4 is 5.73 Å². The number of hydrogen-bond donors (Lipinski definition) is 2. The van der Waals surface area contributed by atoms with Crippen molar-refractivity contribution in [1.82, 2.24) is 15.0 Å². The molecule has 1 saturated heterocycles. The number of nitrogens with one attached hydrogen (secondary N) is 1. The number of rotatable bonds is 4. The number of nitrogens with two attached hydrogens (primary N) is 1. The Labute approximate surface area is 125 Å². The van der Waals surface area contributed by atoms with Crippen LogP contribution in [0.1, 0.15) is 31.9 Å². The average Bonchev–Trinajstić information content (AvgIpc) is 2.87. The number of aromatic nitrogens is 1. The Morgan fingerprint density at radius 2 is 2.10 bits per heavy atom. The van der Waals surface area contributed by atoms with E-state index in [4.69, 9.17) is 15.7 Å². The lowest BCUT2D eigenvalue weighted by Crippen LogP contribution is -2.47. The SMILES string of the molecule is CC(C)c1cc(N=C(N)CC(=N)N2CCN(C)CC2)on1. The summed E-state index contributed by atoms with van der Waals surface area (Å²) in [7, 11) is 2.09. The number of hydrogen-bond acceptors (Lipinski definition) is 5. The van der Waals surface area contributed by atoms with Gasteiger partial charge in [0.1, 0.15) is 11.7 Å². The summed E-state index contributed by atoms with van der Waals surface area (Å²) in [6.45, 7) is 7.75. The smallest absolute Gasteiger partial charge is 0.252 e. The quantitative estimate of drug-likeness (QED) is 0.646. The highest BCUT2D eigenvalue weighted by Crippen LogP contribution is 2.19. The lowest BCUT2D eigenvalue weighted by atomic mass is 10.1. The predicted molar refractivity (Wildman–Crippen MR) is 83.3 cm³/mol. The first-order valence-corrected chi connectivity index (χ1v) is 7.26. The minimum absolute atomic E-state index is 0.294. The van der Waals surface area contributed by atoms with E-state index in [2.05, 4.69) is 22.1 Å². The van der Waals surface area contributed by atoms with Crippen LogP contribution in [0.4, 0.5) is 5.88 Å². The average molecular weight is 292 g/mol. The van der Waals surface area contributed by atoms with Crippen molar-refractivity contribution >= 4 is 17.6 Å². The van der Waals surface area contributed by atoms with Crippen molar-refractivity contribution in [2.45, 2.75) is 26.2 Å². The van der Waals surface area contributed by atoms with Gasteiger partial charge in [-0.25, -0.2) is 0 Å². The predicted octanol–water partition coefficient (Wildman–Crippen LogP) is 1.40. The van der Waals surface area contributed by atoms with Crippen LogP contribution in [0.3, 0.4) is 0 Å². The third-order valence-corrected chi connectivity index (χ3v) is 3.59. The summed E-state index contributed by atoms with van der Waals surface area (Å²) in [6, 6.07) is 1.79. The van der Waals surface area contributed by atoms with Gasteiger partial charge in [0.05, 0.1) is 12.1 Å². The van der Waals surface area contributed by atoms with Crippen molar-refractivity contribution in [1.29, 1.82) is 5.41 Å². The monoisotopic (exact) mass is 292 g/mol. The van der Waals surface area contributed by atoms with Gasteiger partial charge in [0.15, 0.2) is 0 Å². The van der Waals surface area contributed by atoms with E-state index in [0.29, 0.717) is 29.9 Å². The molecule has 1 aromatic heterocycles. The van der Waals surface area contributed by atoms with Crippen molar-refractivity contribution in [3.63, 3.8) is 0 Å². The molecule has 21 heavy (non-hydrogen) atoms. The molecule has 1 aliphatic heterocycles. The fourth-order valence-electron chi connectivity index (χ4n) is 2.14. The second-order valence-corrected chi connectivity index (χ2v) is 5.76. The lowest BCUT2D eigenvalue weighted by molar-refractivity contribution is 0.213. The van der Waals surface area contributed by atoms with Crippen molar-refractivity contribution in [3.05, 3.63) is 11.8 Å². The molecule has 1 aliphatic rings. The molecule has 0 bridgehead atoms. The Morgan fingerprint density at radius 3 is 2.67 bits per heavy atom. The largest absolute Gasteiger partial charge is 0.387 e. The van der Waals surface area contributed by atoms with E-state index in [9.17, 15) is 0 Å². The van der Waals surface area contributed by atoms with Gasteiger partial charge in [0, 0.05) is 32.2 Å². The number of likely N-dealkylation sites (N-methyl/N-ethyl adjacent to an activating group) is 1. The van der Waals surface area contributed by atoms with E-state index >= 15 is 0 Å². The van der Waals surface area contributed by atoms with Gasteiger partial charge >= 0.3 is 0 Å². The Hall–Kier alpha value is -1.89. The van der Waals surface area contributed by atoms with Gasteiger partial charge < -0.3 is 20.1 Å². The van der Waals surface area contributed by atoms with E-state index in [1.165, 1.54) is 0 Å². The summed E-state index contributed by atoms with van der Waals surface area (Å²) in [5, 5.41) is 12.1. The summed E-state index contributed by atoms with van der Waals surface area (Å²) >= 11 is 0. The van der Waals surface area contributed by atoms with Crippen molar-refractivity contribution in [2.24, 2.45) is 10.7 Å². The Balaban J connectivity index is 1.91. The minimum Gasteiger partial charge on any atom is -0.387 e. The van der Waals surface area contributed by atoms with Gasteiger partial charge in [-0.3, -0.25) is 5.41 Å². The van der Waals surface area contributed by atoms with E-state index in [1.807, 2.05) is 18.7 Å². The maximum atomic E-state index is 8.12. The lowest BCUT2D eigenvalue weighted by Gasteiger charge is -2.34. The number of piperazine rings is 1. The zero-order valence-corrected chi connectivity index (χ0v) is 13.0. The molecule has 1 fully saturated rings. The Morgan fingerprint density at radius 1 is 1.43 bits per heavy atom. The van der Waals surface area contributed by atoms with Gasteiger partial charge in [0.25, 0.3) is 5.88 Å². The van der Waals surface area contributed by atoms with Crippen molar-refractivity contribution in [2.75, 3.05) is 33.2 Å². The molecule has 2 heterocycles. The fourth-order valence-corrected chi connectivity index (χ4v) is 2.14. The minimum atomic E-state index is 0.294. The molecular weight excluding hydrogens is 268 g/mol. The molecule has 0 saturated carbocycles. The molecule has 0 radical (unpaired) electrons. The first kappa shape index (κ1) is 15.5. The van der Waals surface area contributed by atoms with Gasteiger partial charge in [-0.15, -0.1) is 0 Å². The molecule has 1 aromatic rings. The van der Waals surface area contributed by atoms with Crippen LogP contribution in [-0.4, -0.2) is 59.9 Å². The molecule has 116 valence electrons. The van der Waals surface area contributed by atoms with Crippen LogP contribution in [0.5, 0.6) is 0 Å². The summed E-state index contributed by atoms with van der Waals surface area (Å²) < 4.78 is 5.13. The molecule has 2 rings (SSSR count). The number of aliphatic imine (C=N–C) groups is 1. The van der Waals surface area contributed by atoms with E-state index < -0.39 is 0 Å². The van der Waals surface area contributed by atoms with Crippen LogP contribution in [0.25, 0.3) is 0 Å². The molecule has 3 N–H and O–H groups in total. The standard InChI is InChI=1S/C14H24N6O/c1-10(2)11-8-14(21-18-11)17-12(15)9-13(16)20-6-4-19(3)5-7-20/h8,10,16H,4-7,9H2,1-3H3,(H2,15,17). The summed E-state index contributed by atoms with van der Waals surface area (Å²) in [5.41, 5.74) is 6.77. The van der Waals surface area contributed by atoms with Crippen molar-refractivity contribution in [3.8, 4) is 0 Å². The first-order chi connectivity index (χ1) is 9.95. The maximum Gasteiger partial charge on any atom is 0.252 e. The van der Waals surface area contributed by atoms with Gasteiger partial charge in [0.2, 0.25) is 0 Å². The highest BCUT2D eigenvalue weighted by molar-refractivity contribution is 6.01. The molecular formula is C14H24N6O. The zero-order chi connectivity index (χ0) is 15.4. The van der Waals surface area contributed by atoms with Crippen LogP contribution in [-0.2, 0) is 0 Å². The highest BCUT2D eigenvalue weighted by Gasteiger charge is 2.17. The van der Waals surface area contributed by atoms with E-state index in [0.717, 1.165) is 31.9 Å². The van der Waals surface area contributed by atoms with Crippen LogP contribution in [0, 0.1) is 5.41 Å². The number of amidine groups is 2. The zero-order valence-electron chi connectivity index (χ0n) is 13.0. The fraction of sp³-hybridized carbons (Fsp3) is 0.643. The normalized spacial score (nSPS) is 17.5. The van der Waals surface area contributed by atoms with Gasteiger partial charge in [-0.05, 0) is 13.0 Å². The number of nitrogens with zero attached hydrogens (tertiary/aromatic N) is 4. The first-order valence-electron chi connectivity index (χ1n) is 7.26. The van der Waals surface area contributed by atoms with Crippen LogP contribution in [0.2, 0.25) is 0 Å². The maximum absolute atomic E-state index is 8.12.